The fourth-order valence-corrected chi connectivity index (χ4v) is 2.15. The molecule has 0 spiro atoms. The number of halogens is 4. The first-order valence-electron chi connectivity index (χ1n) is 6.75. The molecule has 5 nitrogen and oxygen atoms in total. The van der Waals surface area contributed by atoms with Crippen LogP contribution in [0.1, 0.15) is 23.2 Å². The van der Waals surface area contributed by atoms with Crippen molar-refractivity contribution in [1.29, 1.82) is 0 Å². The van der Waals surface area contributed by atoms with E-state index in [2.05, 4.69) is 4.42 Å². The fourth-order valence-electron chi connectivity index (χ4n) is 2.15. The maximum absolute atomic E-state index is 12.9. The summed E-state index contributed by atoms with van der Waals surface area (Å²) in [6.45, 7) is 0. The highest BCUT2D eigenvalue weighted by Crippen LogP contribution is 2.31. The van der Waals surface area contributed by atoms with Gasteiger partial charge in [0.15, 0.2) is 0 Å². The highest BCUT2D eigenvalue weighted by atomic mass is 19.4. The first-order chi connectivity index (χ1) is 11.2. The molecule has 9 heteroatoms. The van der Waals surface area contributed by atoms with Crippen molar-refractivity contribution >= 4 is 6.09 Å². The molecule has 0 aliphatic heterocycles. The van der Waals surface area contributed by atoms with Crippen LogP contribution in [0.5, 0.6) is 0 Å². The van der Waals surface area contributed by atoms with Gasteiger partial charge in [-0.15, -0.1) is 0 Å². The normalized spacial score (nSPS) is 14.2. The predicted molar refractivity (Wildman–Crippen MR) is 73.7 cm³/mol. The maximum Gasteiger partial charge on any atom is 0.449 e. The van der Waals surface area contributed by atoms with Crippen molar-refractivity contribution < 1.29 is 37.0 Å². The average Bonchev–Trinajstić information content (AvgIpc) is 2.95. The van der Waals surface area contributed by atoms with Crippen LogP contribution in [-0.4, -0.2) is 22.3 Å². The Labute approximate surface area is 133 Å². The van der Waals surface area contributed by atoms with Crippen molar-refractivity contribution in [3.05, 3.63) is 59.3 Å². The number of nitrogens with one attached hydrogen (secondary N) is 1. The Morgan fingerprint density at radius 3 is 2.29 bits per heavy atom. The first kappa shape index (κ1) is 17.8. The third-order valence-electron chi connectivity index (χ3n) is 3.26. The Bertz CT molecular complexity index is 696. The molecule has 0 radical (unpaired) electrons. The number of aliphatic hydroxyl groups is 1. The molecule has 130 valence electrons. The smallest absolute Gasteiger partial charge is 0.449 e. The van der Waals surface area contributed by atoms with Gasteiger partial charge in [0.1, 0.15) is 11.6 Å². The quantitative estimate of drug-likeness (QED) is 0.725. The maximum atomic E-state index is 12.9. The average molecular weight is 347 g/mol. The standard InChI is InChI=1S/C15H13F4NO4/c16-9-3-1-8(2-4-9)13(21)11(20-14(22)23)7-10-5-6-12(24-10)15(17,18)19/h1-6,11,13,20-21H,7H2,(H,22,23). The molecule has 1 amide bonds. The van der Waals surface area contributed by atoms with Gasteiger partial charge < -0.3 is 19.9 Å². The second-order valence-electron chi connectivity index (χ2n) is 5.02. The van der Waals surface area contributed by atoms with E-state index >= 15 is 0 Å². The number of alkyl halides is 3. The first-order valence-corrected chi connectivity index (χ1v) is 6.75. The number of furan rings is 1. The summed E-state index contributed by atoms with van der Waals surface area (Å²) >= 11 is 0. The van der Waals surface area contributed by atoms with E-state index < -0.39 is 36.0 Å². The number of carboxylic acid groups (broad SMARTS) is 1. The van der Waals surface area contributed by atoms with Gasteiger partial charge in [-0.3, -0.25) is 0 Å². The van der Waals surface area contributed by atoms with Crippen LogP contribution < -0.4 is 5.32 Å². The molecular formula is C15H13F4NO4. The minimum Gasteiger partial charge on any atom is -0.465 e. The Balaban J connectivity index is 2.20. The van der Waals surface area contributed by atoms with Gasteiger partial charge in [-0.25, -0.2) is 9.18 Å². The van der Waals surface area contributed by atoms with Crippen LogP contribution in [-0.2, 0) is 12.6 Å². The Hall–Kier alpha value is -2.55. The summed E-state index contributed by atoms with van der Waals surface area (Å²) in [6, 6.07) is 5.24. The molecule has 1 aromatic carbocycles. The van der Waals surface area contributed by atoms with Crippen LogP contribution in [0.4, 0.5) is 22.4 Å². The van der Waals surface area contributed by atoms with Crippen LogP contribution in [0, 0.1) is 5.82 Å². The monoisotopic (exact) mass is 347 g/mol. The van der Waals surface area contributed by atoms with Crippen molar-refractivity contribution in [1.82, 2.24) is 5.32 Å². The van der Waals surface area contributed by atoms with Gasteiger partial charge in [-0.1, -0.05) is 12.1 Å². The van der Waals surface area contributed by atoms with E-state index in [0.29, 0.717) is 0 Å². The molecule has 2 unspecified atom stereocenters. The van der Waals surface area contributed by atoms with Crippen molar-refractivity contribution in [2.45, 2.75) is 24.7 Å². The third-order valence-corrected chi connectivity index (χ3v) is 3.26. The Morgan fingerprint density at radius 2 is 1.79 bits per heavy atom. The number of benzene rings is 1. The molecule has 0 fully saturated rings. The molecular weight excluding hydrogens is 334 g/mol. The zero-order valence-electron chi connectivity index (χ0n) is 12.0. The van der Waals surface area contributed by atoms with Crippen molar-refractivity contribution in [3.8, 4) is 0 Å². The van der Waals surface area contributed by atoms with Gasteiger partial charge in [0, 0.05) is 6.42 Å². The van der Waals surface area contributed by atoms with Gasteiger partial charge in [-0.05, 0) is 29.8 Å². The number of hydrogen-bond donors (Lipinski definition) is 3. The topological polar surface area (TPSA) is 82.7 Å². The summed E-state index contributed by atoms with van der Waals surface area (Å²) in [5.74, 6) is -1.92. The van der Waals surface area contributed by atoms with E-state index in [1.54, 1.807) is 0 Å². The highest BCUT2D eigenvalue weighted by Gasteiger charge is 2.35. The highest BCUT2D eigenvalue weighted by molar-refractivity contribution is 5.65. The molecule has 2 rings (SSSR count). The van der Waals surface area contributed by atoms with Crippen molar-refractivity contribution in [2.75, 3.05) is 0 Å². The summed E-state index contributed by atoms with van der Waals surface area (Å²) in [4.78, 5) is 10.9. The molecule has 2 aromatic rings. The molecule has 0 aliphatic rings. The molecule has 3 N–H and O–H groups in total. The number of carbonyl (C=O) groups is 1. The molecule has 24 heavy (non-hydrogen) atoms. The van der Waals surface area contributed by atoms with Crippen LogP contribution >= 0.6 is 0 Å². The SMILES string of the molecule is O=C(O)NC(Cc1ccc(C(F)(F)F)o1)C(O)c1ccc(F)cc1. The minimum atomic E-state index is -4.66. The van der Waals surface area contributed by atoms with Crippen LogP contribution in [0.25, 0.3) is 0 Å². The van der Waals surface area contributed by atoms with Crippen molar-refractivity contribution in [2.24, 2.45) is 0 Å². The van der Waals surface area contributed by atoms with E-state index in [9.17, 15) is 27.5 Å². The lowest BCUT2D eigenvalue weighted by Gasteiger charge is -2.22. The van der Waals surface area contributed by atoms with Gasteiger partial charge in [0.2, 0.25) is 5.76 Å². The van der Waals surface area contributed by atoms with Gasteiger partial charge in [0.25, 0.3) is 0 Å². The summed E-state index contributed by atoms with van der Waals surface area (Å²) in [5, 5.41) is 21.1. The molecule has 1 heterocycles. The molecule has 0 saturated carbocycles. The van der Waals surface area contributed by atoms with Gasteiger partial charge in [0.05, 0.1) is 12.1 Å². The van der Waals surface area contributed by atoms with Gasteiger partial charge >= 0.3 is 12.3 Å². The Kier molecular flexibility index (Phi) is 5.13. The minimum absolute atomic E-state index is 0.151. The second-order valence-corrected chi connectivity index (χ2v) is 5.02. The summed E-state index contributed by atoms with van der Waals surface area (Å²) < 4.78 is 55.1. The molecule has 0 bridgehead atoms. The molecule has 2 atom stereocenters. The number of aliphatic hydroxyl groups excluding tert-OH is 1. The van der Waals surface area contributed by atoms with E-state index in [1.165, 1.54) is 12.1 Å². The summed E-state index contributed by atoms with van der Waals surface area (Å²) in [5.41, 5.74) is 0.206. The van der Waals surface area contributed by atoms with Crippen LogP contribution in [0.3, 0.4) is 0 Å². The van der Waals surface area contributed by atoms with Crippen LogP contribution in [0.2, 0.25) is 0 Å². The fraction of sp³-hybridized carbons (Fsp3) is 0.267. The third kappa shape index (κ3) is 4.48. The lowest BCUT2D eigenvalue weighted by Crippen LogP contribution is -2.40. The van der Waals surface area contributed by atoms with E-state index in [0.717, 1.165) is 24.3 Å². The number of rotatable bonds is 5. The predicted octanol–water partition coefficient (Wildman–Crippen LogP) is 3.35. The zero-order valence-corrected chi connectivity index (χ0v) is 12.0. The second kappa shape index (κ2) is 6.91. The lowest BCUT2D eigenvalue weighted by molar-refractivity contribution is -0.153. The molecule has 0 aliphatic carbocycles. The van der Waals surface area contributed by atoms with E-state index in [-0.39, 0.29) is 17.7 Å². The van der Waals surface area contributed by atoms with Crippen LogP contribution in [0.15, 0.2) is 40.8 Å². The summed E-state index contributed by atoms with van der Waals surface area (Å²) in [6.07, 6.45) is -7.85. The van der Waals surface area contributed by atoms with Gasteiger partial charge in [-0.2, -0.15) is 13.2 Å². The van der Waals surface area contributed by atoms with Crippen molar-refractivity contribution in [3.63, 3.8) is 0 Å². The number of amides is 1. The molecule has 0 saturated heterocycles. The summed E-state index contributed by atoms with van der Waals surface area (Å²) in [7, 11) is 0. The van der Waals surface area contributed by atoms with E-state index in [1.807, 2.05) is 5.32 Å². The lowest BCUT2D eigenvalue weighted by atomic mass is 9.99. The number of hydrogen-bond acceptors (Lipinski definition) is 3. The zero-order chi connectivity index (χ0) is 17.9. The largest absolute Gasteiger partial charge is 0.465 e. The molecule has 1 aromatic heterocycles. The van der Waals surface area contributed by atoms with E-state index in [4.69, 9.17) is 5.11 Å². The Morgan fingerprint density at radius 1 is 1.17 bits per heavy atom.